The summed E-state index contributed by atoms with van der Waals surface area (Å²) in [5, 5.41) is 0. The molecule has 1 saturated carbocycles. The lowest BCUT2D eigenvalue weighted by atomic mass is 10.2. The summed E-state index contributed by atoms with van der Waals surface area (Å²) in [6.45, 7) is 0.584. The zero-order valence-electron chi connectivity index (χ0n) is 11.0. The fourth-order valence-corrected chi connectivity index (χ4v) is 2.44. The van der Waals surface area contributed by atoms with Crippen LogP contribution in [0.1, 0.15) is 28.9 Å². The molecule has 0 aliphatic heterocycles. The first-order valence-corrected chi connectivity index (χ1v) is 7.50. The van der Waals surface area contributed by atoms with Gasteiger partial charge in [0.1, 0.15) is 0 Å². The molecule has 0 radical (unpaired) electrons. The normalized spacial score (nSPS) is 14.1. The van der Waals surface area contributed by atoms with Gasteiger partial charge in [0.2, 0.25) is 0 Å². The van der Waals surface area contributed by atoms with Crippen LogP contribution in [-0.2, 0) is 6.54 Å². The number of carbonyl (C=O) groups excluding carboxylic acids is 1. The van der Waals surface area contributed by atoms with Gasteiger partial charge in [-0.15, -0.1) is 0 Å². The van der Waals surface area contributed by atoms with E-state index < -0.39 is 0 Å². The maximum atomic E-state index is 12.6. The summed E-state index contributed by atoms with van der Waals surface area (Å²) < 4.78 is 0.983. The number of nitrogens with zero attached hydrogens (tertiary/aromatic N) is 2. The molecule has 1 amide bonds. The van der Waals surface area contributed by atoms with Crippen LogP contribution in [0.15, 0.2) is 53.1 Å². The van der Waals surface area contributed by atoms with Gasteiger partial charge in [-0.25, -0.2) is 0 Å². The van der Waals surface area contributed by atoms with E-state index in [2.05, 4.69) is 20.9 Å². The van der Waals surface area contributed by atoms with Crippen molar-refractivity contribution in [3.63, 3.8) is 0 Å². The Balaban J connectivity index is 1.80. The van der Waals surface area contributed by atoms with Crippen molar-refractivity contribution in [2.24, 2.45) is 0 Å². The third-order valence-electron chi connectivity index (χ3n) is 3.40. The van der Waals surface area contributed by atoms with E-state index in [1.807, 2.05) is 47.4 Å². The molecule has 1 aliphatic carbocycles. The number of hydrogen-bond acceptors (Lipinski definition) is 2. The number of amides is 1. The van der Waals surface area contributed by atoms with Crippen LogP contribution in [0.4, 0.5) is 0 Å². The summed E-state index contributed by atoms with van der Waals surface area (Å²) in [5.41, 5.74) is 1.67. The van der Waals surface area contributed by atoms with Gasteiger partial charge in [-0.2, -0.15) is 0 Å². The monoisotopic (exact) mass is 330 g/mol. The molecule has 1 fully saturated rings. The molecule has 3 nitrogen and oxygen atoms in total. The minimum atomic E-state index is 0.0886. The maximum Gasteiger partial charge on any atom is 0.254 e. The van der Waals surface area contributed by atoms with Crippen molar-refractivity contribution in [3.05, 3.63) is 64.4 Å². The molecule has 2 aromatic rings. The molecule has 1 aliphatic rings. The fraction of sp³-hybridized carbons (Fsp3) is 0.250. The van der Waals surface area contributed by atoms with Gasteiger partial charge in [0, 0.05) is 22.3 Å². The molecule has 20 heavy (non-hydrogen) atoms. The molecule has 0 atom stereocenters. The summed E-state index contributed by atoms with van der Waals surface area (Å²) in [7, 11) is 0. The van der Waals surface area contributed by atoms with E-state index >= 15 is 0 Å². The fourth-order valence-electron chi connectivity index (χ4n) is 2.18. The van der Waals surface area contributed by atoms with Crippen molar-refractivity contribution in [2.45, 2.75) is 25.4 Å². The van der Waals surface area contributed by atoms with Crippen LogP contribution in [0.3, 0.4) is 0 Å². The van der Waals surface area contributed by atoms with Gasteiger partial charge in [0.25, 0.3) is 5.91 Å². The second-order valence-electron chi connectivity index (χ2n) is 4.99. The first-order valence-electron chi connectivity index (χ1n) is 6.70. The highest BCUT2D eigenvalue weighted by molar-refractivity contribution is 9.10. The Morgan fingerprint density at radius 2 is 1.95 bits per heavy atom. The number of benzene rings is 1. The van der Waals surface area contributed by atoms with Gasteiger partial charge in [0.15, 0.2) is 0 Å². The Hall–Kier alpha value is -1.68. The molecule has 0 N–H and O–H groups in total. The van der Waals surface area contributed by atoms with Gasteiger partial charge in [-0.3, -0.25) is 9.78 Å². The summed E-state index contributed by atoms with van der Waals surface area (Å²) in [5.74, 6) is 0.0886. The van der Waals surface area contributed by atoms with E-state index in [9.17, 15) is 4.79 Å². The van der Waals surface area contributed by atoms with Crippen molar-refractivity contribution in [1.29, 1.82) is 0 Å². The number of rotatable bonds is 4. The van der Waals surface area contributed by atoms with E-state index in [1.54, 1.807) is 6.20 Å². The largest absolute Gasteiger partial charge is 0.330 e. The molecule has 0 spiro atoms. The van der Waals surface area contributed by atoms with Crippen molar-refractivity contribution in [1.82, 2.24) is 9.88 Å². The number of pyridine rings is 1. The smallest absolute Gasteiger partial charge is 0.254 e. The van der Waals surface area contributed by atoms with Gasteiger partial charge in [0.05, 0.1) is 12.2 Å². The highest BCUT2D eigenvalue weighted by Gasteiger charge is 2.33. The van der Waals surface area contributed by atoms with Crippen LogP contribution in [0.25, 0.3) is 0 Å². The zero-order chi connectivity index (χ0) is 13.9. The average molecular weight is 331 g/mol. The molecule has 1 heterocycles. The Kier molecular flexibility index (Phi) is 3.83. The molecular weight excluding hydrogens is 316 g/mol. The lowest BCUT2D eigenvalue weighted by molar-refractivity contribution is 0.0727. The summed E-state index contributed by atoms with van der Waals surface area (Å²) in [6.07, 6.45) is 3.95. The Bertz CT molecular complexity index is 594. The number of halogens is 1. The van der Waals surface area contributed by atoms with E-state index in [1.165, 1.54) is 0 Å². The molecule has 102 valence electrons. The van der Waals surface area contributed by atoms with Crippen LogP contribution < -0.4 is 0 Å². The highest BCUT2D eigenvalue weighted by atomic mass is 79.9. The molecule has 0 saturated heterocycles. The summed E-state index contributed by atoms with van der Waals surface area (Å²) in [4.78, 5) is 18.9. The van der Waals surface area contributed by atoms with E-state index in [4.69, 9.17) is 0 Å². The van der Waals surface area contributed by atoms with E-state index in [0.29, 0.717) is 12.6 Å². The van der Waals surface area contributed by atoms with Crippen LogP contribution in [-0.4, -0.2) is 21.8 Å². The predicted octanol–water partition coefficient (Wildman–Crippen LogP) is 3.65. The number of hydrogen-bond donors (Lipinski definition) is 0. The third-order valence-corrected chi connectivity index (χ3v) is 3.93. The molecule has 1 aromatic heterocycles. The maximum absolute atomic E-state index is 12.6. The molecule has 0 bridgehead atoms. The molecule has 4 heteroatoms. The summed E-state index contributed by atoms with van der Waals surface area (Å²) in [6, 6.07) is 13.7. The Labute approximate surface area is 126 Å². The summed E-state index contributed by atoms with van der Waals surface area (Å²) >= 11 is 3.39. The van der Waals surface area contributed by atoms with Crippen molar-refractivity contribution >= 4 is 21.8 Å². The molecule has 3 rings (SSSR count). The quantitative estimate of drug-likeness (QED) is 0.857. The van der Waals surface area contributed by atoms with E-state index in [0.717, 1.165) is 28.6 Å². The zero-order valence-corrected chi connectivity index (χ0v) is 12.6. The first kappa shape index (κ1) is 13.3. The minimum absolute atomic E-state index is 0.0886. The lowest BCUT2D eigenvalue weighted by Gasteiger charge is -2.22. The number of carbonyl (C=O) groups is 1. The molecule has 0 unspecified atom stereocenters. The van der Waals surface area contributed by atoms with Crippen molar-refractivity contribution < 1.29 is 4.79 Å². The first-order chi connectivity index (χ1) is 9.74. The topological polar surface area (TPSA) is 33.2 Å². The van der Waals surface area contributed by atoms with Gasteiger partial charge in [-0.05, 0) is 49.2 Å². The van der Waals surface area contributed by atoms with Crippen LogP contribution in [0.5, 0.6) is 0 Å². The van der Waals surface area contributed by atoms with Gasteiger partial charge in [-0.1, -0.05) is 22.0 Å². The standard InChI is InChI=1S/C16H15BrN2O/c17-13-6-4-12(5-7-13)16(20)19(15-8-9-15)11-14-3-1-2-10-18-14/h1-7,10,15H,8-9,11H2. The van der Waals surface area contributed by atoms with Crippen LogP contribution in [0.2, 0.25) is 0 Å². The van der Waals surface area contributed by atoms with Crippen LogP contribution in [0, 0.1) is 0 Å². The minimum Gasteiger partial charge on any atom is -0.330 e. The molecule has 1 aromatic carbocycles. The second kappa shape index (κ2) is 5.75. The van der Waals surface area contributed by atoms with Crippen molar-refractivity contribution in [2.75, 3.05) is 0 Å². The highest BCUT2D eigenvalue weighted by Crippen LogP contribution is 2.29. The van der Waals surface area contributed by atoms with Crippen molar-refractivity contribution in [3.8, 4) is 0 Å². The van der Waals surface area contributed by atoms with Crippen LogP contribution >= 0.6 is 15.9 Å². The SMILES string of the molecule is O=C(c1ccc(Br)cc1)N(Cc1ccccn1)C1CC1. The lowest BCUT2D eigenvalue weighted by Crippen LogP contribution is -2.32. The van der Waals surface area contributed by atoms with Gasteiger partial charge < -0.3 is 4.90 Å². The molecular formula is C16H15BrN2O. The predicted molar refractivity (Wildman–Crippen MR) is 81.3 cm³/mol. The Morgan fingerprint density at radius 3 is 2.55 bits per heavy atom. The Morgan fingerprint density at radius 1 is 1.20 bits per heavy atom. The second-order valence-corrected chi connectivity index (χ2v) is 5.91. The van der Waals surface area contributed by atoms with Gasteiger partial charge >= 0.3 is 0 Å². The average Bonchev–Trinajstić information content (AvgIpc) is 3.30. The van der Waals surface area contributed by atoms with E-state index in [-0.39, 0.29) is 5.91 Å². The third kappa shape index (κ3) is 3.07. The number of aromatic nitrogens is 1.